The molecule has 0 spiro atoms. The average molecular weight is 395 g/mol. The van der Waals surface area contributed by atoms with Gasteiger partial charge in [-0.05, 0) is 32.9 Å². The molecule has 0 aliphatic heterocycles. The Kier molecular flexibility index (Phi) is 7.00. The minimum absolute atomic E-state index is 0.307. The molecule has 3 N–H and O–H groups in total. The summed E-state index contributed by atoms with van der Waals surface area (Å²) in [4.78, 5) is 22.3. The first-order chi connectivity index (χ1) is 13.1. The van der Waals surface area contributed by atoms with Crippen LogP contribution in [0.2, 0.25) is 0 Å². The zero-order valence-electron chi connectivity index (χ0n) is 16.2. The molecule has 0 saturated carbocycles. The molecule has 0 aliphatic carbocycles. The van der Waals surface area contributed by atoms with E-state index >= 15 is 0 Å². The number of para-hydroxylation sites is 1. The maximum Gasteiger partial charge on any atom is 0.404 e. The Morgan fingerprint density at radius 1 is 1.29 bits per heavy atom. The molecule has 3 unspecified atom stereocenters. The molecular weight excluding hydrogens is 370 g/mol. The monoisotopic (exact) mass is 395 g/mol. The van der Waals surface area contributed by atoms with Gasteiger partial charge in [-0.2, -0.15) is 0 Å². The number of primary amides is 1. The molecule has 154 valence electrons. The standard InChI is InChI=1S/C19H25NO8/c1-11(26-14-7-5-6-12-8-9-15(22)27-16(12)14)28-19(2,3)17(24-4)13(21)10-25-18(20)23/h5-9,11,13,17,21H,10H2,1-4H3,(H2,20,23). The van der Waals surface area contributed by atoms with Crippen LogP contribution in [0.5, 0.6) is 5.75 Å². The first-order valence-electron chi connectivity index (χ1n) is 8.64. The highest BCUT2D eigenvalue weighted by atomic mass is 16.7. The molecule has 0 saturated heterocycles. The Hall–Kier alpha value is -2.62. The molecule has 9 nitrogen and oxygen atoms in total. The lowest BCUT2D eigenvalue weighted by atomic mass is 9.96. The molecule has 3 atom stereocenters. The van der Waals surface area contributed by atoms with Crippen molar-refractivity contribution in [2.24, 2.45) is 5.73 Å². The number of ether oxygens (including phenoxy) is 4. The Balaban J connectivity index is 2.12. The van der Waals surface area contributed by atoms with Gasteiger partial charge in [0.05, 0.1) is 5.60 Å². The topological polar surface area (TPSA) is 130 Å². The third-order valence-electron chi connectivity index (χ3n) is 4.06. The van der Waals surface area contributed by atoms with E-state index in [1.807, 2.05) is 0 Å². The van der Waals surface area contributed by atoms with Crippen molar-refractivity contribution in [2.45, 2.75) is 44.9 Å². The molecule has 0 aliphatic rings. The number of rotatable bonds is 9. The second kappa shape index (κ2) is 9.05. The van der Waals surface area contributed by atoms with E-state index in [2.05, 4.69) is 4.74 Å². The van der Waals surface area contributed by atoms with E-state index < -0.39 is 35.8 Å². The summed E-state index contributed by atoms with van der Waals surface area (Å²) >= 11 is 0. The normalized spacial score (nSPS) is 15.0. The number of amides is 1. The van der Waals surface area contributed by atoms with Gasteiger partial charge in [0.25, 0.3) is 0 Å². The zero-order chi connectivity index (χ0) is 20.9. The van der Waals surface area contributed by atoms with E-state index in [-0.39, 0.29) is 6.61 Å². The molecule has 0 bridgehead atoms. The number of carbonyl (C=O) groups is 1. The zero-order valence-corrected chi connectivity index (χ0v) is 16.2. The highest BCUT2D eigenvalue weighted by molar-refractivity contribution is 5.82. The largest absolute Gasteiger partial charge is 0.461 e. The number of benzene rings is 1. The molecule has 2 rings (SSSR count). The molecule has 1 aromatic heterocycles. The lowest BCUT2D eigenvalue weighted by Crippen LogP contribution is -2.51. The molecule has 9 heteroatoms. The second-order valence-electron chi connectivity index (χ2n) is 6.69. The van der Waals surface area contributed by atoms with Gasteiger partial charge in [-0.15, -0.1) is 0 Å². The van der Waals surface area contributed by atoms with Crippen molar-refractivity contribution in [3.05, 3.63) is 40.8 Å². The molecule has 1 aromatic carbocycles. The van der Waals surface area contributed by atoms with Gasteiger partial charge in [0.2, 0.25) is 0 Å². The molecule has 0 radical (unpaired) electrons. The maximum atomic E-state index is 11.5. The van der Waals surface area contributed by atoms with Gasteiger partial charge in [-0.1, -0.05) is 12.1 Å². The number of hydrogen-bond acceptors (Lipinski definition) is 8. The third-order valence-corrected chi connectivity index (χ3v) is 4.06. The van der Waals surface area contributed by atoms with Crippen LogP contribution in [0, 0.1) is 0 Å². The Morgan fingerprint density at radius 2 is 2.00 bits per heavy atom. The number of fused-ring (bicyclic) bond motifs is 1. The summed E-state index contributed by atoms with van der Waals surface area (Å²) in [6.45, 7) is 4.69. The molecule has 28 heavy (non-hydrogen) atoms. The lowest BCUT2D eigenvalue weighted by Gasteiger charge is -2.37. The summed E-state index contributed by atoms with van der Waals surface area (Å²) in [6.07, 6.45) is -3.80. The quantitative estimate of drug-likeness (QED) is 0.485. The third kappa shape index (κ3) is 5.44. The molecule has 0 fully saturated rings. The summed E-state index contributed by atoms with van der Waals surface area (Å²) in [5, 5.41) is 10.9. The summed E-state index contributed by atoms with van der Waals surface area (Å²) in [5.41, 5.74) is 3.71. The van der Waals surface area contributed by atoms with E-state index in [0.29, 0.717) is 16.7 Å². The summed E-state index contributed by atoms with van der Waals surface area (Å²) < 4.78 is 26.9. The maximum absolute atomic E-state index is 11.5. The van der Waals surface area contributed by atoms with Crippen molar-refractivity contribution < 1.29 is 33.3 Å². The first kappa shape index (κ1) is 21.7. The predicted octanol–water partition coefficient (Wildman–Crippen LogP) is 1.78. The number of methoxy groups -OCH3 is 1. The second-order valence-corrected chi connectivity index (χ2v) is 6.69. The van der Waals surface area contributed by atoms with Crippen molar-refractivity contribution in [3.8, 4) is 5.75 Å². The van der Waals surface area contributed by atoms with Crippen molar-refractivity contribution in [2.75, 3.05) is 13.7 Å². The van der Waals surface area contributed by atoms with Crippen molar-refractivity contribution in [3.63, 3.8) is 0 Å². The number of aliphatic hydroxyl groups excluding tert-OH is 1. The Bertz CT molecular complexity index is 862. The van der Waals surface area contributed by atoms with E-state index in [0.717, 1.165) is 0 Å². The van der Waals surface area contributed by atoms with Crippen molar-refractivity contribution in [1.29, 1.82) is 0 Å². The van der Waals surface area contributed by atoms with Gasteiger partial charge in [0.1, 0.15) is 18.8 Å². The van der Waals surface area contributed by atoms with Gasteiger partial charge in [-0.3, -0.25) is 0 Å². The fourth-order valence-corrected chi connectivity index (χ4v) is 3.02. The van der Waals surface area contributed by atoms with E-state index in [1.165, 1.54) is 13.2 Å². The summed E-state index contributed by atoms with van der Waals surface area (Å²) in [6, 6.07) is 8.17. The molecule has 2 aromatic rings. The Labute approximate surface area is 161 Å². The molecular formula is C19H25NO8. The SMILES string of the molecule is COC(C(O)COC(N)=O)C(C)(C)OC(C)Oc1cccc2ccc(=O)oc12. The van der Waals surface area contributed by atoms with Gasteiger partial charge in [-0.25, -0.2) is 9.59 Å². The Morgan fingerprint density at radius 3 is 2.64 bits per heavy atom. The summed E-state index contributed by atoms with van der Waals surface area (Å²) in [5.74, 6) is 0.338. The average Bonchev–Trinajstić information content (AvgIpc) is 2.60. The van der Waals surface area contributed by atoms with Crippen LogP contribution in [0.15, 0.2) is 39.5 Å². The smallest absolute Gasteiger partial charge is 0.404 e. The van der Waals surface area contributed by atoms with Crippen LogP contribution >= 0.6 is 0 Å². The highest BCUT2D eigenvalue weighted by Crippen LogP contribution is 2.28. The predicted molar refractivity (Wildman–Crippen MR) is 100 cm³/mol. The van der Waals surface area contributed by atoms with E-state index in [4.69, 9.17) is 24.4 Å². The van der Waals surface area contributed by atoms with Crippen molar-refractivity contribution in [1.82, 2.24) is 0 Å². The fraction of sp³-hybridized carbons (Fsp3) is 0.474. The van der Waals surface area contributed by atoms with Gasteiger partial charge >= 0.3 is 11.7 Å². The van der Waals surface area contributed by atoms with Gasteiger partial charge < -0.3 is 34.2 Å². The van der Waals surface area contributed by atoms with Crippen LogP contribution in [0.4, 0.5) is 4.79 Å². The van der Waals surface area contributed by atoms with Crippen LogP contribution in [-0.4, -0.2) is 49.0 Å². The number of nitrogens with two attached hydrogens (primary N) is 1. The van der Waals surface area contributed by atoms with Crippen molar-refractivity contribution >= 4 is 17.1 Å². The molecule has 1 heterocycles. The minimum atomic E-state index is -1.17. The summed E-state index contributed by atoms with van der Waals surface area (Å²) in [7, 11) is 1.40. The van der Waals surface area contributed by atoms with Crippen LogP contribution in [0.25, 0.3) is 11.0 Å². The van der Waals surface area contributed by atoms with Gasteiger partial charge in [0, 0.05) is 18.6 Å². The van der Waals surface area contributed by atoms with E-state index in [1.54, 1.807) is 45.0 Å². The van der Waals surface area contributed by atoms with Crippen LogP contribution < -0.4 is 16.1 Å². The molecule has 1 amide bonds. The van der Waals surface area contributed by atoms with Crippen LogP contribution in [0.3, 0.4) is 0 Å². The number of hydrogen-bond donors (Lipinski definition) is 2. The number of aliphatic hydroxyl groups is 1. The first-order valence-corrected chi connectivity index (χ1v) is 8.64. The van der Waals surface area contributed by atoms with Gasteiger partial charge in [0.15, 0.2) is 17.6 Å². The lowest BCUT2D eigenvalue weighted by molar-refractivity contribution is -0.215. The minimum Gasteiger partial charge on any atom is -0.461 e. The number of carbonyl (C=O) groups excluding carboxylic acids is 1. The van der Waals surface area contributed by atoms with Crippen LogP contribution in [-0.2, 0) is 14.2 Å². The fourth-order valence-electron chi connectivity index (χ4n) is 3.02. The van der Waals surface area contributed by atoms with Crippen LogP contribution in [0.1, 0.15) is 20.8 Å². The van der Waals surface area contributed by atoms with E-state index in [9.17, 15) is 14.7 Å². The highest BCUT2D eigenvalue weighted by Gasteiger charge is 2.38.